The molecular weight excluding hydrogens is 308 g/mol. The molecule has 94 valence electrons. The average Bonchev–Trinajstić information content (AvgIpc) is 2.63. The van der Waals surface area contributed by atoms with E-state index in [2.05, 4.69) is 21.2 Å². The smallest absolute Gasteiger partial charge is 0.323 e. The molecule has 0 saturated heterocycles. The predicted octanol–water partition coefficient (Wildman–Crippen LogP) is 1.78. The zero-order chi connectivity index (χ0) is 12.8. The van der Waals surface area contributed by atoms with E-state index in [1.54, 1.807) is 11.3 Å². The molecule has 2 N–H and O–H groups in total. The lowest BCUT2D eigenvalue weighted by Crippen LogP contribution is -2.40. The highest BCUT2D eigenvalue weighted by molar-refractivity contribution is 9.11. The molecule has 1 aromatic heterocycles. The maximum atomic E-state index is 11.4. The van der Waals surface area contributed by atoms with Crippen LogP contribution in [0, 0.1) is 0 Å². The SMILES string of the molecule is CN(CC(=O)O)C(=O)NCCc1ccc(Br)s1. The molecule has 2 amide bonds. The summed E-state index contributed by atoms with van der Waals surface area (Å²) in [4.78, 5) is 24.1. The van der Waals surface area contributed by atoms with Crippen molar-refractivity contribution in [2.45, 2.75) is 6.42 Å². The molecule has 0 aliphatic heterocycles. The first kappa shape index (κ1) is 14.0. The lowest BCUT2D eigenvalue weighted by molar-refractivity contribution is -0.137. The fourth-order valence-electron chi connectivity index (χ4n) is 1.19. The molecule has 17 heavy (non-hydrogen) atoms. The molecule has 1 aromatic rings. The van der Waals surface area contributed by atoms with Crippen LogP contribution < -0.4 is 5.32 Å². The zero-order valence-corrected chi connectivity index (χ0v) is 11.7. The van der Waals surface area contributed by atoms with Crippen LogP contribution in [-0.2, 0) is 11.2 Å². The summed E-state index contributed by atoms with van der Waals surface area (Å²) in [7, 11) is 1.45. The van der Waals surface area contributed by atoms with Crippen molar-refractivity contribution >= 4 is 39.3 Å². The van der Waals surface area contributed by atoms with Crippen LogP contribution in [-0.4, -0.2) is 42.1 Å². The van der Waals surface area contributed by atoms with Crippen molar-refractivity contribution in [2.75, 3.05) is 20.1 Å². The fourth-order valence-corrected chi connectivity index (χ4v) is 2.67. The number of likely N-dealkylation sites (N-methyl/N-ethyl adjacent to an activating group) is 1. The van der Waals surface area contributed by atoms with E-state index >= 15 is 0 Å². The van der Waals surface area contributed by atoms with Gasteiger partial charge in [-0.3, -0.25) is 4.79 Å². The number of carboxylic acids is 1. The van der Waals surface area contributed by atoms with Crippen molar-refractivity contribution < 1.29 is 14.7 Å². The molecule has 7 heteroatoms. The Bertz CT molecular complexity index is 408. The van der Waals surface area contributed by atoms with Gasteiger partial charge < -0.3 is 15.3 Å². The summed E-state index contributed by atoms with van der Waals surface area (Å²) in [6, 6.07) is 3.57. The van der Waals surface area contributed by atoms with E-state index in [1.165, 1.54) is 7.05 Å². The van der Waals surface area contributed by atoms with Crippen LogP contribution in [0.1, 0.15) is 4.88 Å². The second-order valence-electron chi connectivity index (χ2n) is 3.44. The number of hydrogen-bond donors (Lipinski definition) is 2. The second-order valence-corrected chi connectivity index (χ2v) is 5.99. The number of hydrogen-bond acceptors (Lipinski definition) is 3. The highest BCUT2D eigenvalue weighted by Crippen LogP contribution is 2.21. The van der Waals surface area contributed by atoms with E-state index in [4.69, 9.17) is 5.11 Å². The summed E-state index contributed by atoms with van der Waals surface area (Å²) in [5.41, 5.74) is 0. The maximum absolute atomic E-state index is 11.4. The van der Waals surface area contributed by atoms with Crippen LogP contribution in [0.5, 0.6) is 0 Å². The minimum absolute atomic E-state index is 0.295. The second kappa shape index (κ2) is 6.61. The molecule has 0 aliphatic carbocycles. The van der Waals surface area contributed by atoms with Gasteiger partial charge >= 0.3 is 12.0 Å². The number of nitrogens with one attached hydrogen (secondary N) is 1. The third-order valence-corrected chi connectivity index (χ3v) is 3.68. The highest BCUT2D eigenvalue weighted by atomic mass is 79.9. The number of carboxylic acid groups (broad SMARTS) is 1. The molecule has 0 spiro atoms. The van der Waals surface area contributed by atoms with E-state index in [9.17, 15) is 9.59 Å². The Balaban J connectivity index is 2.26. The summed E-state index contributed by atoms with van der Waals surface area (Å²) >= 11 is 4.98. The van der Waals surface area contributed by atoms with Gasteiger partial charge in [0.2, 0.25) is 0 Å². The van der Waals surface area contributed by atoms with E-state index in [0.717, 1.165) is 20.0 Å². The Morgan fingerprint density at radius 3 is 2.76 bits per heavy atom. The van der Waals surface area contributed by atoms with Crippen molar-refractivity contribution in [3.05, 3.63) is 20.8 Å². The van der Waals surface area contributed by atoms with E-state index in [-0.39, 0.29) is 12.6 Å². The third kappa shape index (κ3) is 5.18. The van der Waals surface area contributed by atoms with E-state index < -0.39 is 5.97 Å². The van der Waals surface area contributed by atoms with Crippen molar-refractivity contribution in [1.82, 2.24) is 10.2 Å². The van der Waals surface area contributed by atoms with Crippen LogP contribution in [0.15, 0.2) is 15.9 Å². The quantitative estimate of drug-likeness (QED) is 0.868. The van der Waals surface area contributed by atoms with Crippen LogP contribution in [0.25, 0.3) is 0 Å². The fraction of sp³-hybridized carbons (Fsp3) is 0.400. The molecule has 0 fully saturated rings. The molecule has 1 rings (SSSR count). The van der Waals surface area contributed by atoms with Crippen LogP contribution in [0.3, 0.4) is 0 Å². The van der Waals surface area contributed by atoms with Gasteiger partial charge in [-0.05, 0) is 34.5 Å². The lowest BCUT2D eigenvalue weighted by atomic mass is 10.3. The van der Waals surface area contributed by atoms with Gasteiger partial charge in [0, 0.05) is 18.5 Å². The molecule has 0 aromatic carbocycles. The molecule has 0 bridgehead atoms. The molecule has 0 aliphatic rings. The molecule has 0 unspecified atom stereocenters. The standard InChI is InChI=1S/C10H13BrN2O3S/c1-13(6-9(14)15)10(16)12-5-4-7-2-3-8(11)17-7/h2-3H,4-6H2,1H3,(H,12,16)(H,14,15). The largest absolute Gasteiger partial charge is 0.480 e. The normalized spacial score (nSPS) is 10.0. The number of nitrogens with zero attached hydrogens (tertiary/aromatic N) is 1. The summed E-state index contributed by atoms with van der Waals surface area (Å²) in [5.74, 6) is -1.02. The lowest BCUT2D eigenvalue weighted by Gasteiger charge is -2.15. The van der Waals surface area contributed by atoms with Gasteiger partial charge in [0.05, 0.1) is 3.79 Å². The maximum Gasteiger partial charge on any atom is 0.323 e. The highest BCUT2D eigenvalue weighted by Gasteiger charge is 2.10. The van der Waals surface area contributed by atoms with Crippen LogP contribution >= 0.6 is 27.3 Å². The van der Waals surface area contributed by atoms with Gasteiger partial charge in [-0.1, -0.05) is 0 Å². The Kier molecular flexibility index (Phi) is 5.43. The Morgan fingerprint density at radius 1 is 1.53 bits per heavy atom. The van der Waals surface area contributed by atoms with Crippen LogP contribution in [0.4, 0.5) is 4.79 Å². The van der Waals surface area contributed by atoms with Gasteiger partial charge in [-0.25, -0.2) is 4.79 Å². The van der Waals surface area contributed by atoms with Crippen molar-refractivity contribution in [3.63, 3.8) is 0 Å². The minimum atomic E-state index is -1.02. The Hall–Kier alpha value is -1.08. The molecule has 0 saturated carbocycles. The monoisotopic (exact) mass is 320 g/mol. The van der Waals surface area contributed by atoms with Crippen molar-refractivity contribution in [2.24, 2.45) is 0 Å². The van der Waals surface area contributed by atoms with E-state index in [1.807, 2.05) is 12.1 Å². The summed E-state index contributed by atoms with van der Waals surface area (Å²) in [6.45, 7) is 0.201. The Labute approximate surface area is 112 Å². The molecule has 1 heterocycles. The molecule has 5 nitrogen and oxygen atoms in total. The first-order valence-corrected chi connectivity index (χ1v) is 6.55. The number of carbonyl (C=O) groups excluding carboxylic acids is 1. The number of thiophene rings is 1. The predicted molar refractivity (Wildman–Crippen MR) is 69.4 cm³/mol. The topological polar surface area (TPSA) is 69.6 Å². The third-order valence-electron chi connectivity index (χ3n) is 2.00. The number of urea groups is 1. The summed E-state index contributed by atoms with van der Waals surface area (Å²) in [6.07, 6.45) is 0.739. The summed E-state index contributed by atoms with van der Waals surface area (Å²) < 4.78 is 1.06. The molecular formula is C10H13BrN2O3S. The minimum Gasteiger partial charge on any atom is -0.480 e. The van der Waals surface area contributed by atoms with Crippen molar-refractivity contribution in [1.29, 1.82) is 0 Å². The van der Waals surface area contributed by atoms with Gasteiger partial charge in [0.1, 0.15) is 6.54 Å². The molecule has 0 atom stereocenters. The number of rotatable bonds is 5. The van der Waals surface area contributed by atoms with Gasteiger partial charge in [-0.15, -0.1) is 11.3 Å². The van der Waals surface area contributed by atoms with Crippen LogP contribution in [0.2, 0.25) is 0 Å². The van der Waals surface area contributed by atoms with Gasteiger partial charge in [-0.2, -0.15) is 0 Å². The van der Waals surface area contributed by atoms with Gasteiger partial charge in [0.15, 0.2) is 0 Å². The Morgan fingerprint density at radius 2 is 2.24 bits per heavy atom. The van der Waals surface area contributed by atoms with Gasteiger partial charge in [0.25, 0.3) is 0 Å². The number of aliphatic carboxylic acids is 1. The number of amides is 2. The first-order chi connectivity index (χ1) is 7.99. The number of carbonyl (C=O) groups is 2. The summed E-state index contributed by atoms with van der Waals surface area (Å²) in [5, 5.41) is 11.2. The van der Waals surface area contributed by atoms with E-state index in [0.29, 0.717) is 6.54 Å². The first-order valence-electron chi connectivity index (χ1n) is 4.94. The molecule has 0 radical (unpaired) electrons. The van der Waals surface area contributed by atoms with Crippen molar-refractivity contribution in [3.8, 4) is 0 Å². The average molecular weight is 321 g/mol. The number of halogens is 1. The zero-order valence-electron chi connectivity index (χ0n) is 9.27.